The summed E-state index contributed by atoms with van der Waals surface area (Å²) < 4.78 is 5.73. The molecule has 1 fully saturated rings. The van der Waals surface area contributed by atoms with Crippen molar-refractivity contribution in [1.29, 1.82) is 0 Å². The molecular weight excluding hydrogens is 320 g/mol. The average Bonchev–Trinajstić information content (AvgIpc) is 3.11. The molecule has 1 aromatic carbocycles. The largest absolute Gasteiger partial charge is 0.480 e. The van der Waals surface area contributed by atoms with Gasteiger partial charge in [-0.2, -0.15) is 0 Å². The number of amides is 1. The molecule has 1 aliphatic rings. The molecule has 0 saturated carbocycles. The quantitative estimate of drug-likeness (QED) is 0.872. The Balaban J connectivity index is 1.52. The molecule has 1 saturated heterocycles. The molecule has 1 aromatic heterocycles. The average molecular weight is 342 g/mol. The first-order chi connectivity index (χ1) is 12.1. The fourth-order valence-electron chi connectivity index (χ4n) is 3.18. The third kappa shape index (κ3) is 4.26. The first-order valence-corrected chi connectivity index (χ1v) is 8.67. The van der Waals surface area contributed by atoms with Crippen molar-refractivity contribution in [2.45, 2.75) is 44.6 Å². The highest BCUT2D eigenvalue weighted by Gasteiger charge is 2.31. The standard InChI is InChI=1S/C19H22N2O4/c22-18(21-12-5-4-9-15(21)19(23)24)11-6-10-17-20-13-16(25-17)14-7-2-1-3-8-14/h1-3,7-8,13,15H,4-6,9-12H2,(H,23,24)/t15-/m1/s1. The molecule has 0 aliphatic carbocycles. The molecule has 0 spiro atoms. The van der Waals surface area contributed by atoms with Crippen LogP contribution in [0.25, 0.3) is 11.3 Å². The van der Waals surface area contributed by atoms with Crippen molar-refractivity contribution in [3.63, 3.8) is 0 Å². The lowest BCUT2D eigenvalue weighted by Crippen LogP contribution is -2.47. The number of carboxylic acid groups (broad SMARTS) is 1. The van der Waals surface area contributed by atoms with Gasteiger partial charge in [-0.1, -0.05) is 30.3 Å². The zero-order chi connectivity index (χ0) is 17.6. The fraction of sp³-hybridized carbons (Fsp3) is 0.421. The van der Waals surface area contributed by atoms with E-state index >= 15 is 0 Å². The summed E-state index contributed by atoms with van der Waals surface area (Å²) in [5.74, 6) is 0.305. The number of piperidine rings is 1. The second-order valence-electron chi connectivity index (χ2n) is 6.27. The van der Waals surface area contributed by atoms with Crippen LogP contribution < -0.4 is 0 Å². The summed E-state index contributed by atoms with van der Waals surface area (Å²) in [5, 5.41) is 9.25. The lowest BCUT2D eigenvalue weighted by Gasteiger charge is -2.33. The zero-order valence-electron chi connectivity index (χ0n) is 14.1. The number of carboxylic acids is 1. The lowest BCUT2D eigenvalue weighted by molar-refractivity contribution is -0.152. The monoisotopic (exact) mass is 342 g/mol. The molecule has 0 unspecified atom stereocenters. The first-order valence-electron chi connectivity index (χ1n) is 8.67. The van der Waals surface area contributed by atoms with Gasteiger partial charge in [0.1, 0.15) is 6.04 Å². The van der Waals surface area contributed by atoms with E-state index in [9.17, 15) is 14.7 Å². The maximum atomic E-state index is 12.3. The van der Waals surface area contributed by atoms with Crippen molar-refractivity contribution in [3.05, 3.63) is 42.4 Å². The van der Waals surface area contributed by atoms with Gasteiger partial charge >= 0.3 is 5.97 Å². The maximum Gasteiger partial charge on any atom is 0.326 e. The van der Waals surface area contributed by atoms with Gasteiger partial charge in [0.2, 0.25) is 5.91 Å². The van der Waals surface area contributed by atoms with Crippen LogP contribution in [0.5, 0.6) is 0 Å². The molecule has 2 heterocycles. The van der Waals surface area contributed by atoms with Crippen LogP contribution >= 0.6 is 0 Å². The van der Waals surface area contributed by atoms with Crippen molar-refractivity contribution in [3.8, 4) is 11.3 Å². The second-order valence-corrected chi connectivity index (χ2v) is 6.27. The van der Waals surface area contributed by atoms with E-state index < -0.39 is 12.0 Å². The number of likely N-dealkylation sites (tertiary alicyclic amines) is 1. The number of nitrogens with zero attached hydrogens (tertiary/aromatic N) is 2. The molecule has 0 radical (unpaired) electrons. The molecule has 1 amide bonds. The Kier molecular flexibility index (Phi) is 5.48. The Labute approximate surface area is 146 Å². The number of aryl methyl sites for hydroxylation is 1. The summed E-state index contributed by atoms with van der Waals surface area (Å²) in [4.78, 5) is 29.4. The highest BCUT2D eigenvalue weighted by molar-refractivity contribution is 5.83. The zero-order valence-corrected chi connectivity index (χ0v) is 14.1. The normalized spacial score (nSPS) is 17.4. The van der Waals surface area contributed by atoms with Gasteiger partial charge < -0.3 is 14.4 Å². The Morgan fingerprint density at radius 1 is 1.24 bits per heavy atom. The minimum Gasteiger partial charge on any atom is -0.480 e. The van der Waals surface area contributed by atoms with Crippen molar-refractivity contribution in [2.75, 3.05) is 6.54 Å². The van der Waals surface area contributed by atoms with Gasteiger partial charge in [-0.3, -0.25) is 4.79 Å². The number of oxazole rings is 1. The van der Waals surface area contributed by atoms with Gasteiger partial charge in [0.25, 0.3) is 0 Å². The molecule has 6 nitrogen and oxygen atoms in total. The molecule has 6 heteroatoms. The highest BCUT2D eigenvalue weighted by Crippen LogP contribution is 2.21. The third-order valence-electron chi connectivity index (χ3n) is 4.50. The number of aliphatic carboxylic acids is 1. The van der Waals surface area contributed by atoms with E-state index in [4.69, 9.17) is 4.42 Å². The minimum atomic E-state index is -0.909. The van der Waals surface area contributed by atoms with Gasteiger partial charge in [-0.25, -0.2) is 9.78 Å². The summed E-state index contributed by atoms with van der Waals surface area (Å²) in [6, 6.07) is 9.05. The van der Waals surface area contributed by atoms with Gasteiger partial charge in [0.05, 0.1) is 6.20 Å². The molecule has 0 bridgehead atoms. The molecule has 1 atom stereocenters. The van der Waals surface area contributed by atoms with Gasteiger partial charge in [0, 0.05) is 24.9 Å². The van der Waals surface area contributed by atoms with Crippen LogP contribution in [-0.4, -0.2) is 39.5 Å². The van der Waals surface area contributed by atoms with Crippen molar-refractivity contribution < 1.29 is 19.1 Å². The van der Waals surface area contributed by atoms with Crippen molar-refractivity contribution in [1.82, 2.24) is 9.88 Å². The van der Waals surface area contributed by atoms with Crippen molar-refractivity contribution in [2.24, 2.45) is 0 Å². The van der Waals surface area contributed by atoms with Crippen LogP contribution in [0.2, 0.25) is 0 Å². The summed E-state index contributed by atoms with van der Waals surface area (Å²) in [6.45, 7) is 0.535. The lowest BCUT2D eigenvalue weighted by atomic mass is 10.0. The molecule has 1 aliphatic heterocycles. The van der Waals surface area contributed by atoms with Gasteiger partial charge in [-0.15, -0.1) is 0 Å². The molecule has 25 heavy (non-hydrogen) atoms. The van der Waals surface area contributed by atoms with Crippen LogP contribution in [-0.2, 0) is 16.0 Å². The Morgan fingerprint density at radius 2 is 2.04 bits per heavy atom. The van der Waals surface area contributed by atoms with E-state index in [-0.39, 0.29) is 5.91 Å². The van der Waals surface area contributed by atoms with E-state index in [1.807, 2.05) is 30.3 Å². The van der Waals surface area contributed by atoms with Gasteiger partial charge in [-0.05, 0) is 25.7 Å². The molecule has 132 valence electrons. The fourth-order valence-corrected chi connectivity index (χ4v) is 3.18. The van der Waals surface area contributed by atoms with Crippen LogP contribution in [0.15, 0.2) is 40.9 Å². The van der Waals surface area contributed by atoms with Crippen molar-refractivity contribution >= 4 is 11.9 Å². The van der Waals surface area contributed by atoms with Crippen LogP contribution in [0.1, 0.15) is 38.0 Å². The van der Waals surface area contributed by atoms with Crippen LogP contribution in [0, 0.1) is 0 Å². The van der Waals surface area contributed by atoms with Crippen LogP contribution in [0.3, 0.4) is 0 Å². The number of benzene rings is 1. The second kappa shape index (κ2) is 7.96. The van der Waals surface area contributed by atoms with E-state index in [1.165, 1.54) is 4.90 Å². The third-order valence-corrected chi connectivity index (χ3v) is 4.50. The number of hydrogen-bond acceptors (Lipinski definition) is 4. The van der Waals surface area contributed by atoms with E-state index in [2.05, 4.69) is 4.98 Å². The van der Waals surface area contributed by atoms with E-state index in [0.717, 1.165) is 18.4 Å². The number of aromatic nitrogens is 1. The first kappa shape index (κ1) is 17.2. The van der Waals surface area contributed by atoms with Crippen LogP contribution in [0.4, 0.5) is 0 Å². The number of rotatable bonds is 6. The Bertz CT molecular complexity index is 726. The predicted octanol–water partition coefficient (Wildman–Crippen LogP) is 3.13. The number of carbonyl (C=O) groups is 2. The molecular formula is C19H22N2O4. The molecule has 3 rings (SSSR count). The number of carbonyl (C=O) groups excluding carboxylic acids is 1. The maximum absolute atomic E-state index is 12.3. The minimum absolute atomic E-state index is 0.0954. The number of hydrogen-bond donors (Lipinski definition) is 1. The summed E-state index contributed by atoms with van der Waals surface area (Å²) in [5.41, 5.74) is 0.968. The van der Waals surface area contributed by atoms with E-state index in [1.54, 1.807) is 6.20 Å². The topological polar surface area (TPSA) is 83.6 Å². The smallest absolute Gasteiger partial charge is 0.326 e. The van der Waals surface area contributed by atoms with Gasteiger partial charge in [0.15, 0.2) is 11.7 Å². The Morgan fingerprint density at radius 3 is 2.80 bits per heavy atom. The predicted molar refractivity (Wildman–Crippen MR) is 91.9 cm³/mol. The highest BCUT2D eigenvalue weighted by atomic mass is 16.4. The summed E-state index contributed by atoms with van der Waals surface area (Å²) in [7, 11) is 0. The van der Waals surface area contributed by atoms with E-state index in [0.29, 0.717) is 43.9 Å². The summed E-state index contributed by atoms with van der Waals surface area (Å²) >= 11 is 0. The molecule has 1 N–H and O–H groups in total. The molecule has 2 aromatic rings. The Hall–Kier alpha value is -2.63. The summed E-state index contributed by atoms with van der Waals surface area (Å²) in [6.07, 6.45) is 5.43. The SMILES string of the molecule is O=C(O)[C@H]1CCCCN1C(=O)CCCc1ncc(-c2ccccc2)o1.